The number of sulfonamides is 1. The summed E-state index contributed by atoms with van der Waals surface area (Å²) in [6.45, 7) is 6.82. The van der Waals surface area contributed by atoms with Gasteiger partial charge in [-0.05, 0) is 70.1 Å². The lowest BCUT2D eigenvalue weighted by molar-refractivity contribution is 0.306. The molecule has 0 aromatic rings. The number of hydrogen-bond donors (Lipinski definition) is 2. The van der Waals surface area contributed by atoms with Gasteiger partial charge in [-0.1, -0.05) is 0 Å². The fourth-order valence-electron chi connectivity index (χ4n) is 3.90. The molecule has 0 bridgehead atoms. The molecule has 0 atom stereocenters. The van der Waals surface area contributed by atoms with Crippen molar-refractivity contribution in [3.8, 4) is 0 Å². The maximum atomic E-state index is 12.0. The van der Waals surface area contributed by atoms with E-state index in [1.54, 1.807) is 11.2 Å². The molecule has 1 saturated heterocycles. The third-order valence-electron chi connectivity index (χ3n) is 5.81. The van der Waals surface area contributed by atoms with E-state index < -0.39 is 10.0 Å². The molecular weight excluding hydrogens is 336 g/mol. The van der Waals surface area contributed by atoms with E-state index in [1.165, 1.54) is 25.7 Å². The Balaban J connectivity index is 1.51. The first-order valence-corrected chi connectivity index (χ1v) is 11.7. The smallest absolute Gasteiger partial charge is 0.213 e. The Morgan fingerprint density at radius 2 is 1.68 bits per heavy atom. The van der Waals surface area contributed by atoms with Gasteiger partial charge in [0.15, 0.2) is 5.96 Å². The molecular formula is C18H34N4O2S. The summed E-state index contributed by atoms with van der Waals surface area (Å²) in [5, 5.41) is 6.90. The number of piperidine rings is 1. The molecule has 2 saturated carbocycles. The SMILES string of the molecule is CCNC(=NCC(C1CC1)C1CC1)NC1CCN(S(=O)(=O)CC)CC1. The monoisotopic (exact) mass is 370 g/mol. The van der Waals surface area contributed by atoms with Crippen LogP contribution < -0.4 is 10.6 Å². The predicted octanol–water partition coefficient (Wildman–Crippen LogP) is 1.79. The summed E-state index contributed by atoms with van der Waals surface area (Å²) in [7, 11) is -3.05. The van der Waals surface area contributed by atoms with Crippen molar-refractivity contribution in [1.82, 2.24) is 14.9 Å². The summed E-state index contributed by atoms with van der Waals surface area (Å²) in [5.41, 5.74) is 0. The molecule has 0 aromatic heterocycles. The van der Waals surface area contributed by atoms with Gasteiger partial charge in [0.2, 0.25) is 10.0 Å². The van der Waals surface area contributed by atoms with Crippen molar-refractivity contribution in [2.24, 2.45) is 22.7 Å². The predicted molar refractivity (Wildman–Crippen MR) is 102 cm³/mol. The van der Waals surface area contributed by atoms with Crippen LogP contribution in [-0.4, -0.2) is 56.7 Å². The normalized spacial score (nSPS) is 23.9. The third-order valence-corrected chi connectivity index (χ3v) is 7.69. The van der Waals surface area contributed by atoms with Crippen molar-refractivity contribution >= 4 is 16.0 Å². The molecule has 0 radical (unpaired) electrons. The summed E-state index contributed by atoms with van der Waals surface area (Å²) in [6.07, 6.45) is 7.27. The molecule has 0 aromatic carbocycles. The summed E-state index contributed by atoms with van der Waals surface area (Å²) in [6, 6.07) is 0.307. The van der Waals surface area contributed by atoms with Gasteiger partial charge in [-0.2, -0.15) is 0 Å². The number of nitrogens with one attached hydrogen (secondary N) is 2. The van der Waals surface area contributed by atoms with Gasteiger partial charge < -0.3 is 10.6 Å². The lowest BCUT2D eigenvalue weighted by Crippen LogP contribution is -2.50. The van der Waals surface area contributed by atoms with E-state index >= 15 is 0 Å². The molecule has 25 heavy (non-hydrogen) atoms. The van der Waals surface area contributed by atoms with Crippen LogP contribution in [0.5, 0.6) is 0 Å². The van der Waals surface area contributed by atoms with Crippen LogP contribution in [0.2, 0.25) is 0 Å². The topological polar surface area (TPSA) is 73.8 Å². The Hall–Kier alpha value is -0.820. The van der Waals surface area contributed by atoms with Gasteiger partial charge in [0.25, 0.3) is 0 Å². The second-order valence-corrected chi connectivity index (χ2v) is 10.0. The number of hydrogen-bond acceptors (Lipinski definition) is 3. The molecule has 3 fully saturated rings. The number of nitrogens with zero attached hydrogens (tertiary/aromatic N) is 2. The van der Waals surface area contributed by atoms with Crippen molar-refractivity contribution in [2.45, 2.75) is 58.4 Å². The van der Waals surface area contributed by atoms with Crippen LogP contribution in [0, 0.1) is 17.8 Å². The molecule has 3 aliphatic rings. The van der Waals surface area contributed by atoms with Crippen LogP contribution in [0.1, 0.15) is 52.4 Å². The van der Waals surface area contributed by atoms with Gasteiger partial charge >= 0.3 is 0 Å². The molecule has 0 spiro atoms. The maximum Gasteiger partial charge on any atom is 0.213 e. The average Bonchev–Trinajstić information content (AvgIpc) is 3.49. The molecule has 1 heterocycles. The fourth-order valence-corrected chi connectivity index (χ4v) is 5.04. The molecule has 144 valence electrons. The van der Waals surface area contributed by atoms with Crippen LogP contribution in [0.15, 0.2) is 4.99 Å². The lowest BCUT2D eigenvalue weighted by Gasteiger charge is -2.32. The molecule has 3 rings (SSSR count). The molecule has 7 heteroatoms. The molecule has 0 amide bonds. The second-order valence-electron chi connectivity index (χ2n) is 7.78. The van der Waals surface area contributed by atoms with Crippen LogP contribution >= 0.6 is 0 Å². The highest BCUT2D eigenvalue weighted by Gasteiger charge is 2.41. The van der Waals surface area contributed by atoms with Crippen molar-refractivity contribution in [2.75, 3.05) is 31.9 Å². The Morgan fingerprint density at radius 3 is 2.16 bits per heavy atom. The van der Waals surface area contributed by atoms with Crippen LogP contribution in [-0.2, 0) is 10.0 Å². The van der Waals surface area contributed by atoms with Gasteiger partial charge in [0.05, 0.1) is 5.75 Å². The average molecular weight is 371 g/mol. The summed E-state index contributed by atoms with van der Waals surface area (Å²) < 4.78 is 25.6. The van der Waals surface area contributed by atoms with Crippen LogP contribution in [0.4, 0.5) is 0 Å². The molecule has 0 unspecified atom stereocenters. The fraction of sp³-hybridized carbons (Fsp3) is 0.944. The Kier molecular flexibility index (Phi) is 6.25. The highest BCUT2D eigenvalue weighted by atomic mass is 32.2. The maximum absolute atomic E-state index is 12.0. The summed E-state index contributed by atoms with van der Waals surface area (Å²) >= 11 is 0. The molecule has 6 nitrogen and oxygen atoms in total. The van der Waals surface area contributed by atoms with E-state index in [4.69, 9.17) is 4.99 Å². The standard InChI is InChI=1S/C18H34N4O2S/c1-3-19-18(20-13-17(14-5-6-14)15-7-8-15)21-16-9-11-22(12-10-16)25(23,24)4-2/h14-17H,3-13H2,1-2H3,(H2,19,20,21). The molecule has 2 N–H and O–H groups in total. The lowest BCUT2D eigenvalue weighted by atomic mass is 9.98. The van der Waals surface area contributed by atoms with Crippen molar-refractivity contribution in [1.29, 1.82) is 0 Å². The highest BCUT2D eigenvalue weighted by Crippen LogP contribution is 2.49. The van der Waals surface area contributed by atoms with Crippen molar-refractivity contribution in [3.63, 3.8) is 0 Å². The second kappa shape index (κ2) is 8.25. The first kappa shape index (κ1) is 19.0. The van der Waals surface area contributed by atoms with Gasteiger partial charge in [-0.3, -0.25) is 4.99 Å². The van der Waals surface area contributed by atoms with Gasteiger partial charge in [0, 0.05) is 32.2 Å². The minimum atomic E-state index is -3.05. The minimum absolute atomic E-state index is 0.193. The molecule has 1 aliphatic heterocycles. The highest BCUT2D eigenvalue weighted by molar-refractivity contribution is 7.89. The number of guanidine groups is 1. The quantitative estimate of drug-likeness (QED) is 0.505. The number of rotatable bonds is 8. The zero-order valence-electron chi connectivity index (χ0n) is 15.7. The Labute approximate surface area is 152 Å². The Bertz CT molecular complexity index is 550. The summed E-state index contributed by atoms with van der Waals surface area (Å²) in [4.78, 5) is 4.88. The van der Waals surface area contributed by atoms with E-state index in [0.717, 1.165) is 49.6 Å². The molecule has 2 aliphatic carbocycles. The van der Waals surface area contributed by atoms with Crippen molar-refractivity contribution < 1.29 is 8.42 Å². The van der Waals surface area contributed by atoms with Gasteiger partial charge in [-0.25, -0.2) is 12.7 Å². The van der Waals surface area contributed by atoms with E-state index in [-0.39, 0.29) is 5.75 Å². The first-order chi connectivity index (χ1) is 12.0. The largest absolute Gasteiger partial charge is 0.357 e. The van der Waals surface area contributed by atoms with E-state index in [9.17, 15) is 8.42 Å². The van der Waals surface area contributed by atoms with E-state index in [1.807, 2.05) is 0 Å². The zero-order valence-corrected chi connectivity index (χ0v) is 16.5. The first-order valence-electron chi connectivity index (χ1n) is 10.1. The van der Waals surface area contributed by atoms with Gasteiger partial charge in [0.1, 0.15) is 0 Å². The number of aliphatic imine (C=N–C) groups is 1. The van der Waals surface area contributed by atoms with Gasteiger partial charge in [-0.15, -0.1) is 0 Å². The zero-order chi connectivity index (χ0) is 17.9. The van der Waals surface area contributed by atoms with Crippen LogP contribution in [0.25, 0.3) is 0 Å². The third kappa shape index (κ3) is 5.33. The van der Waals surface area contributed by atoms with E-state index in [2.05, 4.69) is 17.6 Å². The van der Waals surface area contributed by atoms with Crippen molar-refractivity contribution in [3.05, 3.63) is 0 Å². The summed E-state index contributed by atoms with van der Waals surface area (Å²) in [5.74, 6) is 3.72. The van der Waals surface area contributed by atoms with E-state index in [0.29, 0.717) is 19.1 Å². The minimum Gasteiger partial charge on any atom is -0.357 e. The van der Waals surface area contributed by atoms with Crippen LogP contribution in [0.3, 0.4) is 0 Å². The Morgan fingerprint density at radius 1 is 1.08 bits per heavy atom.